The summed E-state index contributed by atoms with van der Waals surface area (Å²) in [7, 11) is 0. The number of aromatic nitrogens is 2. The van der Waals surface area contributed by atoms with Crippen molar-refractivity contribution in [3.63, 3.8) is 0 Å². The Morgan fingerprint density at radius 1 is 1.39 bits per heavy atom. The molecule has 1 saturated carbocycles. The average molecular weight is 315 g/mol. The molecule has 1 heterocycles. The lowest BCUT2D eigenvalue weighted by molar-refractivity contribution is -0.117. The Labute approximate surface area is 137 Å². The van der Waals surface area contributed by atoms with Gasteiger partial charge in [-0.25, -0.2) is 9.97 Å². The predicted octanol–water partition coefficient (Wildman–Crippen LogP) is 3.40. The van der Waals surface area contributed by atoms with Crippen molar-refractivity contribution in [3.8, 4) is 0 Å². The smallest absolute Gasteiger partial charge is 0.230 e. The third-order valence-corrected chi connectivity index (χ3v) is 4.88. The Morgan fingerprint density at radius 3 is 2.91 bits per heavy atom. The largest absolute Gasteiger partial charge is 0.294 e. The number of nitrogens with one attached hydrogen (secondary N) is 1. The summed E-state index contributed by atoms with van der Waals surface area (Å²) >= 11 is 0. The van der Waals surface area contributed by atoms with E-state index in [1.165, 1.54) is 12.8 Å². The van der Waals surface area contributed by atoms with Crippen LogP contribution >= 0.6 is 0 Å². The standard InChI is InChI=1S/C18H25N3O2/c1-4-5-6-11-7-12(11)16(23)21-17-19-10-13-14(20-17)8-18(2,3)9-15(13)22/h10-12H,4-9H2,1-3H3,(H,19,20,21,23)/t11-,12+/m0/s1. The molecule has 0 saturated heterocycles. The van der Waals surface area contributed by atoms with Gasteiger partial charge < -0.3 is 0 Å². The lowest BCUT2D eigenvalue weighted by atomic mass is 9.76. The number of fused-ring (bicyclic) bond motifs is 1. The fraction of sp³-hybridized carbons (Fsp3) is 0.667. The monoisotopic (exact) mass is 315 g/mol. The summed E-state index contributed by atoms with van der Waals surface area (Å²) in [6.45, 7) is 6.30. The molecular formula is C18H25N3O2. The molecule has 5 nitrogen and oxygen atoms in total. The quantitative estimate of drug-likeness (QED) is 0.904. The Kier molecular flexibility index (Phi) is 4.21. The topological polar surface area (TPSA) is 72.0 Å². The highest BCUT2D eigenvalue weighted by Crippen LogP contribution is 2.43. The van der Waals surface area contributed by atoms with Crippen LogP contribution in [0.15, 0.2) is 6.20 Å². The fourth-order valence-corrected chi connectivity index (χ4v) is 3.45. The number of anilines is 1. The van der Waals surface area contributed by atoms with Crippen LogP contribution in [0.2, 0.25) is 0 Å². The number of carbonyl (C=O) groups is 2. The lowest BCUT2D eigenvalue weighted by Crippen LogP contribution is -2.29. The second-order valence-corrected chi connectivity index (χ2v) is 7.73. The van der Waals surface area contributed by atoms with Crippen LogP contribution in [0.3, 0.4) is 0 Å². The van der Waals surface area contributed by atoms with Gasteiger partial charge in [-0.1, -0.05) is 33.6 Å². The fourth-order valence-electron chi connectivity index (χ4n) is 3.45. The number of carbonyl (C=O) groups excluding carboxylic acids is 2. The summed E-state index contributed by atoms with van der Waals surface area (Å²) in [6.07, 6.45) is 7.28. The van der Waals surface area contributed by atoms with Crippen molar-refractivity contribution < 1.29 is 9.59 Å². The molecule has 124 valence electrons. The van der Waals surface area contributed by atoms with Crippen molar-refractivity contribution >= 4 is 17.6 Å². The minimum atomic E-state index is -0.0819. The van der Waals surface area contributed by atoms with Gasteiger partial charge in [0.05, 0.1) is 11.3 Å². The van der Waals surface area contributed by atoms with Gasteiger partial charge in [-0.15, -0.1) is 0 Å². The van der Waals surface area contributed by atoms with Crippen LogP contribution in [-0.2, 0) is 11.2 Å². The first kappa shape index (κ1) is 16.1. The molecule has 23 heavy (non-hydrogen) atoms. The molecule has 3 rings (SSSR count). The number of hydrogen-bond acceptors (Lipinski definition) is 4. The van der Waals surface area contributed by atoms with Gasteiger partial charge in [-0.2, -0.15) is 0 Å². The number of amides is 1. The second kappa shape index (κ2) is 6.02. The summed E-state index contributed by atoms with van der Waals surface area (Å²) in [5.74, 6) is 1.08. The summed E-state index contributed by atoms with van der Waals surface area (Å²) in [4.78, 5) is 33.0. The highest BCUT2D eigenvalue weighted by Gasteiger charge is 2.42. The Balaban J connectivity index is 1.66. The molecular weight excluding hydrogens is 290 g/mol. The van der Waals surface area contributed by atoms with Crippen LogP contribution < -0.4 is 5.32 Å². The molecule has 0 spiro atoms. The van der Waals surface area contributed by atoms with Crippen molar-refractivity contribution in [2.75, 3.05) is 5.32 Å². The number of hydrogen-bond donors (Lipinski definition) is 1. The molecule has 0 unspecified atom stereocenters. The summed E-state index contributed by atoms with van der Waals surface area (Å²) in [5, 5.41) is 2.83. The molecule has 2 aliphatic carbocycles. The van der Waals surface area contributed by atoms with E-state index in [2.05, 4.69) is 36.1 Å². The lowest BCUT2D eigenvalue weighted by Gasteiger charge is -2.29. The van der Waals surface area contributed by atoms with Gasteiger partial charge in [0.1, 0.15) is 0 Å². The zero-order valence-electron chi connectivity index (χ0n) is 14.2. The predicted molar refractivity (Wildman–Crippen MR) is 88.2 cm³/mol. The van der Waals surface area contributed by atoms with E-state index in [4.69, 9.17) is 0 Å². The summed E-state index contributed by atoms with van der Waals surface area (Å²) in [6, 6.07) is 0. The molecule has 0 bridgehead atoms. The normalized spacial score (nSPS) is 24.9. The highest BCUT2D eigenvalue weighted by atomic mass is 16.2. The second-order valence-electron chi connectivity index (χ2n) is 7.73. The van der Waals surface area contributed by atoms with E-state index in [1.807, 2.05) is 0 Å². The average Bonchev–Trinajstić information content (AvgIpc) is 3.23. The van der Waals surface area contributed by atoms with E-state index in [1.54, 1.807) is 6.20 Å². The minimum Gasteiger partial charge on any atom is -0.294 e. The molecule has 0 aliphatic heterocycles. The number of rotatable bonds is 5. The van der Waals surface area contributed by atoms with Crippen molar-refractivity contribution in [1.29, 1.82) is 0 Å². The molecule has 1 aromatic heterocycles. The van der Waals surface area contributed by atoms with Gasteiger partial charge >= 0.3 is 0 Å². The maximum Gasteiger partial charge on any atom is 0.230 e. The summed E-state index contributed by atoms with van der Waals surface area (Å²) in [5.41, 5.74) is 1.28. The van der Waals surface area contributed by atoms with Crippen LogP contribution in [0.4, 0.5) is 5.95 Å². The Hall–Kier alpha value is -1.78. The van der Waals surface area contributed by atoms with Crippen molar-refractivity contribution in [3.05, 3.63) is 17.5 Å². The highest BCUT2D eigenvalue weighted by molar-refractivity contribution is 5.98. The van der Waals surface area contributed by atoms with Crippen LogP contribution in [-0.4, -0.2) is 21.7 Å². The van der Waals surface area contributed by atoms with Crippen LogP contribution in [0.1, 0.15) is 68.9 Å². The summed E-state index contributed by atoms with van der Waals surface area (Å²) < 4.78 is 0. The Bertz CT molecular complexity index is 639. The van der Waals surface area contributed by atoms with Crippen molar-refractivity contribution in [1.82, 2.24) is 9.97 Å². The maximum absolute atomic E-state index is 12.3. The number of nitrogens with zero attached hydrogens (tertiary/aromatic N) is 2. The van der Waals surface area contributed by atoms with E-state index in [-0.39, 0.29) is 23.0 Å². The molecule has 1 aromatic rings. The third-order valence-electron chi connectivity index (χ3n) is 4.88. The number of ketones is 1. The molecule has 2 aliphatic rings. The maximum atomic E-state index is 12.3. The van der Waals surface area contributed by atoms with E-state index in [0.717, 1.165) is 25.0 Å². The third kappa shape index (κ3) is 3.59. The van der Waals surface area contributed by atoms with Gasteiger partial charge in [0.25, 0.3) is 0 Å². The number of unbranched alkanes of at least 4 members (excludes halogenated alkanes) is 1. The van der Waals surface area contributed by atoms with Gasteiger partial charge in [-0.05, 0) is 30.6 Å². The van der Waals surface area contributed by atoms with E-state index < -0.39 is 0 Å². The first-order valence-electron chi connectivity index (χ1n) is 8.59. The first-order valence-corrected chi connectivity index (χ1v) is 8.59. The van der Waals surface area contributed by atoms with Gasteiger partial charge in [0, 0.05) is 18.5 Å². The zero-order chi connectivity index (χ0) is 16.6. The van der Waals surface area contributed by atoms with E-state index in [9.17, 15) is 9.59 Å². The molecule has 5 heteroatoms. The molecule has 0 radical (unpaired) electrons. The van der Waals surface area contributed by atoms with Gasteiger partial charge in [0.15, 0.2) is 5.78 Å². The molecule has 1 N–H and O–H groups in total. The molecule has 1 amide bonds. The van der Waals surface area contributed by atoms with E-state index in [0.29, 0.717) is 23.9 Å². The minimum absolute atomic E-state index is 0.0208. The van der Waals surface area contributed by atoms with E-state index >= 15 is 0 Å². The first-order chi connectivity index (χ1) is 10.9. The van der Waals surface area contributed by atoms with Crippen LogP contribution in [0.5, 0.6) is 0 Å². The van der Waals surface area contributed by atoms with Gasteiger partial charge in [0.2, 0.25) is 11.9 Å². The molecule has 1 fully saturated rings. The van der Waals surface area contributed by atoms with Gasteiger partial charge in [-0.3, -0.25) is 14.9 Å². The van der Waals surface area contributed by atoms with Crippen LogP contribution in [0, 0.1) is 17.3 Å². The SMILES string of the molecule is CCCC[C@H]1C[C@H]1C(=O)Nc1ncc2c(n1)CC(C)(C)CC2=O. The Morgan fingerprint density at radius 2 is 2.17 bits per heavy atom. The number of Topliss-reactive ketones (excluding diaryl/α,β-unsaturated/α-hetero) is 1. The van der Waals surface area contributed by atoms with Crippen molar-refractivity contribution in [2.24, 2.45) is 17.3 Å². The van der Waals surface area contributed by atoms with Crippen LogP contribution in [0.25, 0.3) is 0 Å². The zero-order valence-corrected chi connectivity index (χ0v) is 14.2. The molecule has 2 atom stereocenters. The molecule has 0 aromatic carbocycles. The van der Waals surface area contributed by atoms with Crippen molar-refractivity contribution in [2.45, 2.75) is 59.3 Å².